The zero-order valence-corrected chi connectivity index (χ0v) is 12.9. The summed E-state index contributed by atoms with van der Waals surface area (Å²) >= 11 is 0. The van der Waals surface area contributed by atoms with Crippen LogP contribution >= 0.6 is 0 Å². The Labute approximate surface area is 110 Å². The van der Waals surface area contributed by atoms with Crippen LogP contribution in [0.5, 0.6) is 0 Å². The summed E-state index contributed by atoms with van der Waals surface area (Å²) in [6.07, 6.45) is 0. The first-order valence-electron chi connectivity index (χ1n) is 6.65. The quantitative estimate of drug-likeness (QED) is 0.780. The van der Waals surface area contributed by atoms with Crippen molar-refractivity contribution >= 4 is 9.84 Å². The number of hydrogen-bond donors (Lipinski definition) is 0. The van der Waals surface area contributed by atoms with E-state index in [4.69, 9.17) is 0 Å². The molecule has 0 radical (unpaired) electrons. The van der Waals surface area contributed by atoms with Crippen LogP contribution in [-0.2, 0) is 9.84 Å². The highest BCUT2D eigenvalue weighted by Gasteiger charge is 2.45. The Balaban J connectivity index is 2.83. The standard InChI is InChI=1S/C15H22O2S/c1-8(2)11-7-12-15(18(12,16)17)14(10(5)6)13(11)9(3)4/h7-10H,1-6H3. The molecule has 3 heteroatoms. The lowest BCUT2D eigenvalue weighted by Crippen LogP contribution is -2.05. The molecule has 1 aliphatic heterocycles. The van der Waals surface area contributed by atoms with Gasteiger partial charge in [0.05, 0.1) is 9.79 Å². The molecule has 0 saturated carbocycles. The zero-order chi connectivity index (χ0) is 13.8. The summed E-state index contributed by atoms with van der Waals surface area (Å²) in [5, 5.41) is 0. The number of sulfone groups is 1. The molecule has 100 valence electrons. The van der Waals surface area contributed by atoms with Gasteiger partial charge in [-0.3, -0.25) is 0 Å². The summed E-state index contributed by atoms with van der Waals surface area (Å²) < 4.78 is 24.0. The second-order valence-electron chi connectivity index (χ2n) is 6.09. The third kappa shape index (κ3) is 1.80. The second kappa shape index (κ2) is 4.09. The van der Waals surface area contributed by atoms with Crippen LogP contribution in [0.3, 0.4) is 0 Å². The summed E-state index contributed by atoms with van der Waals surface area (Å²) in [5.41, 5.74) is 3.51. The Kier molecular flexibility index (Phi) is 3.09. The van der Waals surface area contributed by atoms with Crippen LogP contribution < -0.4 is 0 Å². The summed E-state index contributed by atoms with van der Waals surface area (Å²) in [6.45, 7) is 12.7. The van der Waals surface area contributed by atoms with Gasteiger partial charge in [-0.25, -0.2) is 8.42 Å². The molecule has 0 aromatic heterocycles. The number of benzene rings is 1. The van der Waals surface area contributed by atoms with Crippen LogP contribution in [-0.4, -0.2) is 8.42 Å². The third-order valence-corrected chi connectivity index (χ3v) is 5.32. The van der Waals surface area contributed by atoms with E-state index < -0.39 is 9.84 Å². The Bertz CT molecular complexity index is 593. The van der Waals surface area contributed by atoms with Gasteiger partial charge in [-0.1, -0.05) is 41.5 Å². The fourth-order valence-electron chi connectivity index (χ4n) is 2.82. The molecular weight excluding hydrogens is 244 g/mol. The second-order valence-corrected chi connectivity index (χ2v) is 7.94. The molecular formula is C15H22O2S. The van der Waals surface area contributed by atoms with Crippen molar-refractivity contribution in [2.75, 3.05) is 0 Å². The lowest BCUT2D eigenvalue weighted by atomic mass is 9.83. The molecule has 0 unspecified atom stereocenters. The Morgan fingerprint density at radius 2 is 1.33 bits per heavy atom. The van der Waals surface area contributed by atoms with E-state index in [-0.39, 0.29) is 5.92 Å². The molecule has 1 aromatic rings. The molecule has 0 aliphatic carbocycles. The molecule has 0 atom stereocenters. The van der Waals surface area contributed by atoms with E-state index in [1.807, 2.05) is 6.07 Å². The van der Waals surface area contributed by atoms with Gasteiger partial charge in [0.25, 0.3) is 0 Å². The van der Waals surface area contributed by atoms with E-state index in [0.717, 1.165) is 5.56 Å². The molecule has 0 fully saturated rings. The SMILES string of the molecule is CC(C)c1cc2c(c(C(C)C)c1C(C)C)S2(=O)=O. The molecule has 0 spiro atoms. The van der Waals surface area contributed by atoms with Crippen molar-refractivity contribution in [3.63, 3.8) is 0 Å². The first-order chi connectivity index (χ1) is 8.19. The molecule has 0 bridgehead atoms. The molecule has 0 N–H and O–H groups in total. The highest BCUT2D eigenvalue weighted by Crippen LogP contribution is 2.50. The van der Waals surface area contributed by atoms with Crippen molar-refractivity contribution in [2.45, 2.75) is 69.1 Å². The van der Waals surface area contributed by atoms with Crippen molar-refractivity contribution in [1.29, 1.82) is 0 Å². The van der Waals surface area contributed by atoms with E-state index >= 15 is 0 Å². The lowest BCUT2D eigenvalue weighted by Gasteiger charge is -2.21. The van der Waals surface area contributed by atoms with E-state index in [2.05, 4.69) is 41.5 Å². The maximum absolute atomic E-state index is 12.0. The van der Waals surface area contributed by atoms with Gasteiger partial charge in [-0.05, 0) is 40.5 Å². The van der Waals surface area contributed by atoms with E-state index in [0.29, 0.717) is 21.6 Å². The normalized spacial score (nSPS) is 16.5. The monoisotopic (exact) mass is 266 g/mol. The largest absolute Gasteiger partial charge is 0.218 e. The predicted molar refractivity (Wildman–Crippen MR) is 74.2 cm³/mol. The van der Waals surface area contributed by atoms with Gasteiger partial charge in [0.2, 0.25) is 9.84 Å². The fraction of sp³-hybridized carbons (Fsp3) is 0.600. The van der Waals surface area contributed by atoms with Crippen LogP contribution in [0.15, 0.2) is 15.9 Å². The molecule has 0 amide bonds. The van der Waals surface area contributed by atoms with Crippen LogP contribution in [0, 0.1) is 0 Å². The minimum atomic E-state index is -3.06. The summed E-state index contributed by atoms with van der Waals surface area (Å²) in [6, 6.07) is 1.90. The predicted octanol–water partition coefficient (Wildman–Crippen LogP) is 4.20. The van der Waals surface area contributed by atoms with Gasteiger partial charge in [0.1, 0.15) is 0 Å². The van der Waals surface area contributed by atoms with E-state index in [9.17, 15) is 8.42 Å². The molecule has 1 aliphatic rings. The number of rotatable bonds is 3. The van der Waals surface area contributed by atoms with Gasteiger partial charge >= 0.3 is 0 Å². The van der Waals surface area contributed by atoms with Crippen LogP contribution in [0.4, 0.5) is 0 Å². The van der Waals surface area contributed by atoms with Crippen LogP contribution in [0.1, 0.15) is 76.0 Å². The van der Waals surface area contributed by atoms with Gasteiger partial charge < -0.3 is 0 Å². The topological polar surface area (TPSA) is 34.1 Å². The summed E-state index contributed by atoms with van der Waals surface area (Å²) in [7, 11) is -3.06. The van der Waals surface area contributed by atoms with Crippen molar-refractivity contribution in [3.8, 4) is 0 Å². The summed E-state index contributed by atoms with van der Waals surface area (Å²) in [5.74, 6) is 0.981. The minimum Gasteiger partial charge on any atom is -0.218 e. The lowest BCUT2D eigenvalue weighted by molar-refractivity contribution is 0.611. The van der Waals surface area contributed by atoms with Gasteiger partial charge in [0, 0.05) is 0 Å². The smallest absolute Gasteiger partial charge is 0.209 e. The van der Waals surface area contributed by atoms with Crippen molar-refractivity contribution in [3.05, 3.63) is 22.8 Å². The molecule has 0 saturated heterocycles. The first kappa shape index (κ1) is 13.6. The van der Waals surface area contributed by atoms with Crippen LogP contribution in [0.25, 0.3) is 0 Å². The highest BCUT2D eigenvalue weighted by molar-refractivity contribution is 7.97. The summed E-state index contributed by atoms with van der Waals surface area (Å²) in [4.78, 5) is 1.19. The maximum atomic E-state index is 12.0. The average Bonchev–Trinajstić information content (AvgIpc) is 2.78. The molecule has 1 aromatic carbocycles. The molecule has 2 nitrogen and oxygen atoms in total. The van der Waals surface area contributed by atoms with E-state index in [1.165, 1.54) is 11.1 Å². The van der Waals surface area contributed by atoms with Gasteiger partial charge in [0.15, 0.2) is 0 Å². The zero-order valence-electron chi connectivity index (χ0n) is 12.0. The van der Waals surface area contributed by atoms with Crippen molar-refractivity contribution < 1.29 is 8.42 Å². The van der Waals surface area contributed by atoms with Crippen molar-refractivity contribution in [2.24, 2.45) is 0 Å². The fourth-order valence-corrected chi connectivity index (χ4v) is 4.53. The Morgan fingerprint density at radius 3 is 1.72 bits per heavy atom. The molecule has 2 rings (SSSR count). The Hall–Kier alpha value is -0.830. The molecule has 1 heterocycles. The first-order valence-corrected chi connectivity index (χ1v) is 8.13. The van der Waals surface area contributed by atoms with E-state index in [1.54, 1.807) is 0 Å². The average molecular weight is 266 g/mol. The number of fused-ring (bicyclic) bond motifs is 1. The number of hydrogen-bond acceptors (Lipinski definition) is 2. The minimum absolute atomic E-state index is 0.257. The highest BCUT2D eigenvalue weighted by atomic mass is 32.2. The Morgan fingerprint density at radius 1 is 0.833 bits per heavy atom. The molecule has 18 heavy (non-hydrogen) atoms. The van der Waals surface area contributed by atoms with Crippen LogP contribution in [0.2, 0.25) is 0 Å². The van der Waals surface area contributed by atoms with Gasteiger partial charge in [-0.15, -0.1) is 0 Å². The third-order valence-electron chi connectivity index (χ3n) is 3.65. The van der Waals surface area contributed by atoms with Crippen molar-refractivity contribution in [1.82, 2.24) is 0 Å². The van der Waals surface area contributed by atoms with Gasteiger partial charge in [-0.2, -0.15) is 0 Å². The maximum Gasteiger partial charge on any atom is 0.209 e.